The lowest BCUT2D eigenvalue weighted by molar-refractivity contribution is -0.136. The molecule has 6 heteroatoms. The topological polar surface area (TPSA) is 99.2 Å². The summed E-state index contributed by atoms with van der Waals surface area (Å²) in [5.74, 6) is -1.88. The van der Waals surface area contributed by atoms with Gasteiger partial charge in [-0.05, 0) is 26.8 Å². The van der Waals surface area contributed by atoms with Crippen LogP contribution in [0.15, 0.2) is 0 Å². The number of nitriles is 1. The predicted molar refractivity (Wildman–Crippen MR) is 61.3 cm³/mol. The average molecular weight is 238 g/mol. The van der Waals surface area contributed by atoms with Gasteiger partial charge in [0.1, 0.15) is 0 Å². The maximum absolute atomic E-state index is 11.6. The van der Waals surface area contributed by atoms with Gasteiger partial charge in [-0.25, -0.2) is 0 Å². The fourth-order valence-electron chi connectivity index (χ4n) is 2.20. The average Bonchev–Trinajstić information content (AvgIpc) is 2.28. The molecule has 0 aliphatic carbocycles. The largest absolute Gasteiger partial charge is 0.369 e. The van der Waals surface area contributed by atoms with Gasteiger partial charge in [0, 0.05) is 12.6 Å². The van der Waals surface area contributed by atoms with Crippen LogP contribution in [0.5, 0.6) is 0 Å². The summed E-state index contributed by atoms with van der Waals surface area (Å²) in [6.07, 6.45) is 2.15. The third-order valence-electron chi connectivity index (χ3n) is 3.26. The Balaban J connectivity index is 2.77. The minimum atomic E-state index is -0.514. The Morgan fingerprint density at radius 2 is 2.12 bits per heavy atom. The van der Waals surface area contributed by atoms with Crippen LogP contribution in [0, 0.1) is 23.3 Å². The van der Waals surface area contributed by atoms with Crippen molar-refractivity contribution in [2.75, 3.05) is 13.1 Å². The van der Waals surface area contributed by atoms with Crippen LogP contribution in [0.4, 0.5) is 0 Å². The molecule has 1 saturated heterocycles. The maximum atomic E-state index is 11.6. The van der Waals surface area contributed by atoms with Crippen molar-refractivity contribution >= 4 is 11.8 Å². The molecule has 0 spiro atoms. The third-order valence-corrected chi connectivity index (χ3v) is 3.26. The van der Waals surface area contributed by atoms with E-state index in [2.05, 4.69) is 10.2 Å². The van der Waals surface area contributed by atoms with Gasteiger partial charge in [-0.3, -0.25) is 14.9 Å². The highest BCUT2D eigenvalue weighted by Crippen LogP contribution is 2.25. The molecule has 0 saturated carbocycles. The minimum Gasteiger partial charge on any atom is -0.369 e. The SMILES string of the molecule is CC(C)N1CCC(C(=O)NC#N)C(C(N)=O)C1. The van der Waals surface area contributed by atoms with Gasteiger partial charge in [-0.1, -0.05) is 0 Å². The highest BCUT2D eigenvalue weighted by Gasteiger charge is 2.38. The number of nitrogens with one attached hydrogen (secondary N) is 1. The molecule has 1 fully saturated rings. The van der Waals surface area contributed by atoms with E-state index in [1.807, 2.05) is 13.8 Å². The molecule has 1 aliphatic rings. The molecule has 17 heavy (non-hydrogen) atoms. The number of carbonyl (C=O) groups is 2. The molecule has 2 unspecified atom stereocenters. The summed E-state index contributed by atoms with van der Waals surface area (Å²) in [5, 5.41) is 10.5. The van der Waals surface area contributed by atoms with Crippen LogP contribution in [-0.4, -0.2) is 35.8 Å². The zero-order chi connectivity index (χ0) is 13.0. The van der Waals surface area contributed by atoms with Gasteiger partial charge in [0.25, 0.3) is 0 Å². The van der Waals surface area contributed by atoms with Crippen LogP contribution in [0.25, 0.3) is 0 Å². The van der Waals surface area contributed by atoms with Crippen LogP contribution < -0.4 is 11.1 Å². The number of rotatable bonds is 3. The molecule has 1 aliphatic heterocycles. The predicted octanol–water partition coefficient (Wildman–Crippen LogP) is -0.585. The molecule has 0 aromatic carbocycles. The normalized spacial score (nSPS) is 25.3. The summed E-state index contributed by atoms with van der Waals surface area (Å²) >= 11 is 0. The second-order valence-corrected chi connectivity index (χ2v) is 4.59. The number of primary amides is 1. The van der Waals surface area contributed by atoms with E-state index in [1.165, 1.54) is 0 Å². The molecule has 94 valence electrons. The lowest BCUT2D eigenvalue weighted by atomic mass is 9.83. The summed E-state index contributed by atoms with van der Waals surface area (Å²) in [7, 11) is 0. The summed E-state index contributed by atoms with van der Waals surface area (Å²) in [6.45, 7) is 5.29. The van der Waals surface area contributed by atoms with Crippen LogP contribution in [0.3, 0.4) is 0 Å². The highest BCUT2D eigenvalue weighted by molar-refractivity contribution is 5.87. The lowest BCUT2D eigenvalue weighted by Gasteiger charge is -2.38. The van der Waals surface area contributed by atoms with E-state index in [-0.39, 0.29) is 0 Å². The van der Waals surface area contributed by atoms with Gasteiger partial charge in [0.2, 0.25) is 11.8 Å². The molecule has 3 N–H and O–H groups in total. The van der Waals surface area contributed by atoms with Crippen LogP contribution in [-0.2, 0) is 9.59 Å². The smallest absolute Gasteiger partial charge is 0.236 e. The fraction of sp³-hybridized carbons (Fsp3) is 0.727. The number of amides is 2. The number of hydrogen-bond donors (Lipinski definition) is 2. The first kappa shape index (κ1) is 13.5. The molecule has 0 bridgehead atoms. The first-order valence-corrected chi connectivity index (χ1v) is 5.69. The minimum absolute atomic E-state index is 0.317. The summed E-state index contributed by atoms with van der Waals surface area (Å²) in [4.78, 5) is 25.1. The van der Waals surface area contributed by atoms with Gasteiger partial charge in [0.05, 0.1) is 11.8 Å². The number of nitrogens with zero attached hydrogens (tertiary/aromatic N) is 2. The van der Waals surface area contributed by atoms with Crippen molar-refractivity contribution in [2.45, 2.75) is 26.3 Å². The zero-order valence-electron chi connectivity index (χ0n) is 10.1. The number of carbonyl (C=O) groups excluding carboxylic acids is 2. The molecule has 0 aromatic heterocycles. The van der Waals surface area contributed by atoms with E-state index in [4.69, 9.17) is 11.0 Å². The molecule has 0 aromatic rings. The van der Waals surface area contributed by atoms with E-state index in [0.717, 1.165) is 6.54 Å². The molecule has 6 nitrogen and oxygen atoms in total. The lowest BCUT2D eigenvalue weighted by Crippen LogP contribution is -2.52. The Hall–Kier alpha value is -1.61. The second-order valence-electron chi connectivity index (χ2n) is 4.59. The number of piperidine rings is 1. The van der Waals surface area contributed by atoms with Crippen LogP contribution in [0.2, 0.25) is 0 Å². The van der Waals surface area contributed by atoms with Crippen LogP contribution >= 0.6 is 0 Å². The van der Waals surface area contributed by atoms with Crippen molar-refractivity contribution in [3.63, 3.8) is 0 Å². The van der Waals surface area contributed by atoms with Gasteiger partial charge < -0.3 is 10.6 Å². The Morgan fingerprint density at radius 1 is 1.47 bits per heavy atom. The first-order valence-electron chi connectivity index (χ1n) is 5.69. The number of nitrogens with two attached hydrogens (primary N) is 1. The van der Waals surface area contributed by atoms with Crippen molar-refractivity contribution in [1.29, 1.82) is 5.26 Å². The quantitative estimate of drug-likeness (QED) is 0.507. The van der Waals surface area contributed by atoms with Crippen molar-refractivity contribution in [3.05, 3.63) is 0 Å². The Morgan fingerprint density at radius 3 is 2.59 bits per heavy atom. The van der Waals surface area contributed by atoms with E-state index in [1.54, 1.807) is 6.19 Å². The number of likely N-dealkylation sites (tertiary alicyclic amines) is 1. The standard InChI is InChI=1S/C11H18N4O2/c1-7(2)15-4-3-8(11(17)14-6-12)9(5-15)10(13)16/h7-9H,3-5H2,1-2H3,(H2,13,16)(H,14,17). The Kier molecular flexibility index (Phi) is 4.46. The molecule has 1 rings (SSSR count). The van der Waals surface area contributed by atoms with Gasteiger partial charge in [-0.15, -0.1) is 0 Å². The fourth-order valence-corrected chi connectivity index (χ4v) is 2.20. The Labute approximate surface area is 101 Å². The molecule has 2 amide bonds. The summed E-state index contributed by atoms with van der Waals surface area (Å²) in [5.41, 5.74) is 5.33. The Bertz CT molecular complexity index is 348. The monoisotopic (exact) mass is 238 g/mol. The van der Waals surface area contributed by atoms with E-state index >= 15 is 0 Å². The van der Waals surface area contributed by atoms with Crippen molar-refractivity contribution < 1.29 is 9.59 Å². The van der Waals surface area contributed by atoms with E-state index in [0.29, 0.717) is 19.0 Å². The third kappa shape index (κ3) is 3.17. The van der Waals surface area contributed by atoms with Crippen molar-refractivity contribution in [1.82, 2.24) is 10.2 Å². The zero-order valence-corrected chi connectivity index (χ0v) is 10.1. The second kappa shape index (κ2) is 5.64. The highest BCUT2D eigenvalue weighted by atomic mass is 16.2. The van der Waals surface area contributed by atoms with E-state index in [9.17, 15) is 9.59 Å². The van der Waals surface area contributed by atoms with E-state index < -0.39 is 23.7 Å². The molecule has 0 radical (unpaired) electrons. The van der Waals surface area contributed by atoms with Crippen molar-refractivity contribution in [3.8, 4) is 6.19 Å². The maximum Gasteiger partial charge on any atom is 0.236 e. The summed E-state index contributed by atoms with van der Waals surface area (Å²) in [6, 6.07) is 0.317. The first-order chi connectivity index (χ1) is 7.97. The van der Waals surface area contributed by atoms with Gasteiger partial charge in [-0.2, -0.15) is 5.26 Å². The van der Waals surface area contributed by atoms with Crippen molar-refractivity contribution in [2.24, 2.45) is 17.6 Å². The molecular weight excluding hydrogens is 220 g/mol. The number of hydrogen-bond acceptors (Lipinski definition) is 4. The molecular formula is C11H18N4O2. The van der Waals surface area contributed by atoms with Crippen LogP contribution in [0.1, 0.15) is 20.3 Å². The summed E-state index contributed by atoms with van der Waals surface area (Å²) < 4.78 is 0. The molecule has 1 heterocycles. The van der Waals surface area contributed by atoms with Gasteiger partial charge in [0.15, 0.2) is 6.19 Å². The molecule has 2 atom stereocenters. The van der Waals surface area contributed by atoms with Gasteiger partial charge >= 0.3 is 0 Å².